The van der Waals surface area contributed by atoms with Crippen LogP contribution in [0.5, 0.6) is 0 Å². The Morgan fingerprint density at radius 3 is 2.31 bits per heavy atom. The van der Waals surface area contributed by atoms with Crippen LogP contribution in [-0.2, 0) is 27.7 Å². The lowest BCUT2D eigenvalue weighted by Crippen LogP contribution is -2.13. The maximum atomic E-state index is 12.8. The second-order valence-corrected chi connectivity index (χ2v) is 8.11. The van der Waals surface area contributed by atoms with Crippen molar-refractivity contribution in [1.82, 2.24) is 0 Å². The molecule has 0 fully saturated rings. The molecule has 2 N–H and O–H groups in total. The second kappa shape index (κ2) is 6.14. The monoisotopic (exact) mass is 366 g/mol. The lowest BCUT2D eigenvalue weighted by atomic mass is 10.0. The summed E-state index contributed by atoms with van der Waals surface area (Å²) in [6.45, 7) is 1.40. The quantitative estimate of drug-likeness (QED) is 0.739. The number of amides is 1. The van der Waals surface area contributed by atoms with Crippen molar-refractivity contribution in [1.29, 1.82) is 0 Å². The lowest BCUT2D eigenvalue weighted by Gasteiger charge is -2.12. The van der Waals surface area contributed by atoms with Crippen molar-refractivity contribution in [3.8, 4) is 0 Å². The van der Waals surface area contributed by atoms with E-state index in [0.29, 0.717) is 11.4 Å². The number of sulfonamides is 1. The van der Waals surface area contributed by atoms with Gasteiger partial charge in [0.05, 0.1) is 10.6 Å². The third kappa shape index (κ3) is 2.93. The fraction of sp³-hybridized carbons (Fsp3) is 0.150. The van der Waals surface area contributed by atoms with Gasteiger partial charge >= 0.3 is 0 Å². The average molecular weight is 366 g/mol. The third-order valence-electron chi connectivity index (χ3n) is 4.61. The van der Waals surface area contributed by atoms with Gasteiger partial charge in [-0.3, -0.25) is 9.52 Å². The van der Waals surface area contributed by atoms with Gasteiger partial charge < -0.3 is 5.32 Å². The molecule has 132 valence electrons. The average Bonchev–Trinajstić information content (AvgIpc) is 3.02. The molecular weight excluding hydrogens is 348 g/mol. The molecule has 0 radical (unpaired) electrons. The predicted octanol–water partition coefficient (Wildman–Crippen LogP) is 3.70. The largest absolute Gasteiger partial charge is 0.326 e. The number of nitrogens with one attached hydrogen (secondary N) is 2. The molecule has 0 unspecified atom stereocenters. The zero-order valence-corrected chi connectivity index (χ0v) is 15.1. The Balaban J connectivity index is 1.69. The van der Waals surface area contributed by atoms with E-state index in [1.54, 1.807) is 12.1 Å². The minimum atomic E-state index is -3.72. The molecule has 0 aliphatic heterocycles. The van der Waals surface area contributed by atoms with Crippen molar-refractivity contribution in [2.45, 2.75) is 24.7 Å². The van der Waals surface area contributed by atoms with E-state index in [0.717, 1.165) is 23.6 Å². The second-order valence-electron chi connectivity index (χ2n) is 6.42. The molecule has 1 amide bonds. The normalized spacial score (nSPS) is 13.0. The fourth-order valence-corrected chi connectivity index (χ4v) is 4.54. The predicted molar refractivity (Wildman–Crippen MR) is 103 cm³/mol. The van der Waals surface area contributed by atoms with Gasteiger partial charge in [0.1, 0.15) is 0 Å². The van der Waals surface area contributed by atoms with Gasteiger partial charge in [-0.15, -0.1) is 0 Å². The highest BCUT2D eigenvalue weighted by Crippen LogP contribution is 2.35. The van der Waals surface area contributed by atoms with Crippen LogP contribution in [0, 0.1) is 0 Å². The Morgan fingerprint density at radius 1 is 0.923 bits per heavy atom. The first-order valence-electron chi connectivity index (χ1n) is 8.38. The molecule has 0 spiro atoms. The lowest BCUT2D eigenvalue weighted by molar-refractivity contribution is -0.114. The maximum absolute atomic E-state index is 12.8. The summed E-state index contributed by atoms with van der Waals surface area (Å²) in [5, 5.41) is 4.71. The summed E-state index contributed by atoms with van der Waals surface area (Å²) in [5.74, 6) is -0.202. The van der Waals surface area contributed by atoms with Crippen molar-refractivity contribution in [2.24, 2.45) is 0 Å². The van der Waals surface area contributed by atoms with Gasteiger partial charge in [-0.2, -0.15) is 0 Å². The van der Waals surface area contributed by atoms with Crippen LogP contribution in [0.1, 0.15) is 18.1 Å². The van der Waals surface area contributed by atoms with Gasteiger partial charge in [-0.1, -0.05) is 24.3 Å². The molecule has 1 aliphatic carbocycles. The van der Waals surface area contributed by atoms with E-state index in [1.165, 1.54) is 30.2 Å². The molecular formula is C20H18N2O3S. The zero-order valence-electron chi connectivity index (χ0n) is 14.2. The first-order valence-corrected chi connectivity index (χ1v) is 9.86. The summed E-state index contributed by atoms with van der Waals surface area (Å²) < 4.78 is 28.2. The van der Waals surface area contributed by atoms with Crippen molar-refractivity contribution in [3.63, 3.8) is 0 Å². The van der Waals surface area contributed by atoms with Gasteiger partial charge in [0.2, 0.25) is 5.91 Å². The number of rotatable bonds is 4. The summed E-state index contributed by atoms with van der Waals surface area (Å²) in [5.41, 5.74) is 3.66. The number of hydrogen-bond donors (Lipinski definition) is 2. The Morgan fingerprint density at radius 2 is 1.62 bits per heavy atom. The summed E-state index contributed by atoms with van der Waals surface area (Å²) in [4.78, 5) is 11.2. The van der Waals surface area contributed by atoms with Gasteiger partial charge in [0.25, 0.3) is 10.0 Å². The number of aryl methyl sites for hydroxylation is 2. The first kappa shape index (κ1) is 16.6. The minimum Gasteiger partial charge on any atom is -0.326 e. The van der Waals surface area contributed by atoms with Gasteiger partial charge in [-0.05, 0) is 59.7 Å². The molecule has 0 saturated carbocycles. The van der Waals surface area contributed by atoms with E-state index in [-0.39, 0.29) is 10.8 Å². The molecule has 0 saturated heterocycles. The highest BCUT2D eigenvalue weighted by atomic mass is 32.2. The maximum Gasteiger partial charge on any atom is 0.261 e. The van der Waals surface area contributed by atoms with Crippen LogP contribution in [0.2, 0.25) is 0 Å². The standard InChI is InChI=1S/C20H18N2O3S/c1-13(23)21-16-8-10-17(11-9-16)26(24,25)22-19-12-7-15-6-5-14-3-2-4-18(19)20(14)15/h2-4,7-12,22H,5-6H2,1H3,(H,21,23). The van der Waals surface area contributed by atoms with Crippen LogP contribution >= 0.6 is 0 Å². The molecule has 4 rings (SSSR count). The van der Waals surface area contributed by atoms with E-state index >= 15 is 0 Å². The number of carbonyl (C=O) groups is 1. The van der Waals surface area contributed by atoms with Crippen LogP contribution in [0.3, 0.4) is 0 Å². The number of carbonyl (C=O) groups excluding carboxylic acids is 1. The Kier molecular flexibility index (Phi) is 3.92. The Labute approximate surface area is 152 Å². The minimum absolute atomic E-state index is 0.148. The van der Waals surface area contributed by atoms with Crippen molar-refractivity contribution in [2.75, 3.05) is 10.0 Å². The van der Waals surface area contributed by atoms with Gasteiger partial charge in [-0.25, -0.2) is 8.42 Å². The molecule has 3 aromatic carbocycles. The highest BCUT2D eigenvalue weighted by Gasteiger charge is 2.19. The Bertz CT molecular complexity index is 1110. The smallest absolute Gasteiger partial charge is 0.261 e. The molecule has 5 nitrogen and oxygen atoms in total. The molecule has 3 aromatic rings. The molecule has 6 heteroatoms. The van der Waals surface area contributed by atoms with Crippen LogP contribution in [0.15, 0.2) is 59.5 Å². The van der Waals surface area contributed by atoms with Crippen LogP contribution in [-0.4, -0.2) is 14.3 Å². The van der Waals surface area contributed by atoms with Crippen molar-refractivity contribution >= 4 is 38.1 Å². The summed E-state index contributed by atoms with van der Waals surface area (Å²) in [6.07, 6.45) is 1.99. The fourth-order valence-electron chi connectivity index (χ4n) is 3.46. The SMILES string of the molecule is CC(=O)Nc1ccc(S(=O)(=O)Nc2ccc3c4c(cccc24)CC3)cc1. The van der Waals surface area contributed by atoms with Crippen molar-refractivity contribution in [3.05, 3.63) is 65.7 Å². The third-order valence-corrected chi connectivity index (χ3v) is 5.99. The molecule has 26 heavy (non-hydrogen) atoms. The van der Waals surface area contributed by atoms with E-state index < -0.39 is 10.0 Å². The van der Waals surface area contributed by atoms with E-state index in [1.807, 2.05) is 24.3 Å². The number of hydrogen-bond acceptors (Lipinski definition) is 3. The van der Waals surface area contributed by atoms with Crippen LogP contribution < -0.4 is 10.0 Å². The van der Waals surface area contributed by atoms with Crippen LogP contribution in [0.4, 0.5) is 11.4 Å². The number of benzene rings is 3. The van der Waals surface area contributed by atoms with E-state index in [9.17, 15) is 13.2 Å². The topological polar surface area (TPSA) is 75.3 Å². The molecule has 0 aromatic heterocycles. The highest BCUT2D eigenvalue weighted by molar-refractivity contribution is 7.92. The van der Waals surface area contributed by atoms with E-state index in [2.05, 4.69) is 16.1 Å². The van der Waals surface area contributed by atoms with Gasteiger partial charge in [0, 0.05) is 18.0 Å². The summed E-state index contributed by atoms with van der Waals surface area (Å²) >= 11 is 0. The van der Waals surface area contributed by atoms with Crippen molar-refractivity contribution < 1.29 is 13.2 Å². The summed E-state index contributed by atoms with van der Waals surface area (Å²) in [7, 11) is -3.72. The van der Waals surface area contributed by atoms with E-state index in [4.69, 9.17) is 0 Å². The van der Waals surface area contributed by atoms with Gasteiger partial charge in [0.15, 0.2) is 0 Å². The van der Waals surface area contributed by atoms with Crippen LogP contribution in [0.25, 0.3) is 10.8 Å². The first-order chi connectivity index (χ1) is 12.4. The summed E-state index contributed by atoms with van der Waals surface area (Å²) in [6, 6.07) is 15.9. The molecule has 0 atom stereocenters. The number of anilines is 2. The molecule has 0 heterocycles. The zero-order chi connectivity index (χ0) is 18.3. The molecule has 1 aliphatic rings. The molecule has 0 bridgehead atoms. The Hall–Kier alpha value is -2.86.